The highest BCUT2D eigenvalue weighted by Crippen LogP contribution is 2.18. The topological polar surface area (TPSA) is 75.3 Å². The van der Waals surface area contributed by atoms with Crippen LogP contribution in [0.4, 0.5) is 0 Å². The van der Waals surface area contributed by atoms with Gasteiger partial charge in [0, 0.05) is 12.5 Å². The van der Waals surface area contributed by atoms with Crippen LogP contribution in [-0.4, -0.2) is 30.2 Å². The average Bonchev–Trinajstić information content (AvgIpc) is 2.27. The van der Waals surface area contributed by atoms with Gasteiger partial charge in [-0.1, -0.05) is 0 Å². The van der Waals surface area contributed by atoms with E-state index in [-0.39, 0.29) is 12.5 Å². The summed E-state index contributed by atoms with van der Waals surface area (Å²) < 4.78 is 0. The van der Waals surface area contributed by atoms with E-state index >= 15 is 0 Å². The SMILES string of the molecule is NC1CCNCCC1CCC(=O)O. The third-order valence-electron chi connectivity index (χ3n) is 2.68. The van der Waals surface area contributed by atoms with Crippen LogP contribution >= 0.6 is 0 Å². The van der Waals surface area contributed by atoms with E-state index in [1.165, 1.54) is 0 Å². The number of nitrogens with two attached hydrogens (primary N) is 1. The summed E-state index contributed by atoms with van der Waals surface area (Å²) in [6, 6.07) is 0.175. The molecule has 4 N–H and O–H groups in total. The molecule has 2 atom stereocenters. The predicted molar refractivity (Wildman–Crippen MR) is 50.4 cm³/mol. The van der Waals surface area contributed by atoms with Crippen molar-refractivity contribution in [3.63, 3.8) is 0 Å². The number of carboxylic acids is 1. The summed E-state index contributed by atoms with van der Waals surface area (Å²) in [5.41, 5.74) is 5.93. The summed E-state index contributed by atoms with van der Waals surface area (Å²) in [6.45, 7) is 1.93. The molecule has 4 heteroatoms. The Kier molecular flexibility index (Phi) is 4.18. The molecular formula is C9H18N2O2. The van der Waals surface area contributed by atoms with Gasteiger partial charge in [0.25, 0.3) is 0 Å². The Labute approximate surface area is 78.5 Å². The van der Waals surface area contributed by atoms with Crippen molar-refractivity contribution < 1.29 is 9.90 Å². The van der Waals surface area contributed by atoms with Crippen molar-refractivity contribution in [1.29, 1.82) is 0 Å². The first-order chi connectivity index (χ1) is 6.20. The van der Waals surface area contributed by atoms with Crippen LogP contribution in [0.1, 0.15) is 25.7 Å². The third kappa shape index (κ3) is 3.74. The number of rotatable bonds is 3. The van der Waals surface area contributed by atoms with E-state index in [4.69, 9.17) is 10.8 Å². The largest absolute Gasteiger partial charge is 0.481 e. The zero-order valence-electron chi connectivity index (χ0n) is 7.83. The van der Waals surface area contributed by atoms with Gasteiger partial charge in [-0.3, -0.25) is 4.79 Å². The lowest BCUT2D eigenvalue weighted by molar-refractivity contribution is -0.137. The zero-order chi connectivity index (χ0) is 9.68. The van der Waals surface area contributed by atoms with Crippen LogP contribution in [-0.2, 0) is 4.79 Å². The maximum absolute atomic E-state index is 10.4. The van der Waals surface area contributed by atoms with E-state index in [0.29, 0.717) is 5.92 Å². The first-order valence-corrected chi connectivity index (χ1v) is 4.88. The predicted octanol–water partition coefficient (Wildman–Crippen LogP) is 0.178. The Hall–Kier alpha value is -0.610. The minimum Gasteiger partial charge on any atom is -0.481 e. The van der Waals surface area contributed by atoms with Crippen molar-refractivity contribution in [2.75, 3.05) is 13.1 Å². The van der Waals surface area contributed by atoms with E-state index in [2.05, 4.69) is 5.32 Å². The lowest BCUT2D eigenvalue weighted by atomic mass is 9.91. The second-order valence-electron chi connectivity index (χ2n) is 3.68. The lowest BCUT2D eigenvalue weighted by Crippen LogP contribution is -2.30. The zero-order valence-corrected chi connectivity index (χ0v) is 7.83. The number of carboxylic acid groups (broad SMARTS) is 1. The highest BCUT2D eigenvalue weighted by Gasteiger charge is 2.20. The van der Waals surface area contributed by atoms with Gasteiger partial charge in [-0.15, -0.1) is 0 Å². The van der Waals surface area contributed by atoms with Gasteiger partial charge in [0.1, 0.15) is 0 Å². The molecular weight excluding hydrogens is 168 g/mol. The summed E-state index contributed by atoms with van der Waals surface area (Å²) in [5.74, 6) is -0.337. The maximum atomic E-state index is 10.4. The van der Waals surface area contributed by atoms with E-state index in [9.17, 15) is 4.79 Å². The van der Waals surface area contributed by atoms with Crippen molar-refractivity contribution in [2.45, 2.75) is 31.7 Å². The highest BCUT2D eigenvalue weighted by atomic mass is 16.4. The number of hydrogen-bond donors (Lipinski definition) is 3. The van der Waals surface area contributed by atoms with Crippen molar-refractivity contribution in [3.05, 3.63) is 0 Å². The minimum absolute atomic E-state index is 0.175. The van der Waals surface area contributed by atoms with Gasteiger partial charge < -0.3 is 16.2 Å². The average molecular weight is 186 g/mol. The summed E-state index contributed by atoms with van der Waals surface area (Å²) >= 11 is 0. The Bertz CT molecular complexity index is 173. The molecule has 0 aliphatic carbocycles. The normalized spacial score (nSPS) is 29.6. The molecule has 0 aromatic rings. The van der Waals surface area contributed by atoms with Crippen LogP contribution < -0.4 is 11.1 Å². The molecule has 13 heavy (non-hydrogen) atoms. The molecule has 0 radical (unpaired) electrons. The first kappa shape index (κ1) is 10.5. The Morgan fingerprint density at radius 1 is 1.46 bits per heavy atom. The summed E-state index contributed by atoms with van der Waals surface area (Å²) in [6.07, 6.45) is 2.94. The second kappa shape index (κ2) is 5.19. The van der Waals surface area contributed by atoms with E-state index in [0.717, 1.165) is 32.4 Å². The monoisotopic (exact) mass is 186 g/mol. The smallest absolute Gasteiger partial charge is 0.303 e. The quantitative estimate of drug-likeness (QED) is 0.587. The van der Waals surface area contributed by atoms with Crippen molar-refractivity contribution in [2.24, 2.45) is 11.7 Å². The van der Waals surface area contributed by atoms with Gasteiger partial charge in [-0.25, -0.2) is 0 Å². The van der Waals surface area contributed by atoms with Crippen LogP contribution in [0.15, 0.2) is 0 Å². The molecule has 0 bridgehead atoms. The number of carbonyl (C=O) groups is 1. The van der Waals surface area contributed by atoms with Crippen LogP contribution in [0.5, 0.6) is 0 Å². The van der Waals surface area contributed by atoms with Gasteiger partial charge in [-0.05, 0) is 38.3 Å². The van der Waals surface area contributed by atoms with Crippen LogP contribution in [0, 0.1) is 5.92 Å². The van der Waals surface area contributed by atoms with Crippen LogP contribution in [0.2, 0.25) is 0 Å². The molecule has 1 fully saturated rings. The van der Waals surface area contributed by atoms with Gasteiger partial charge in [0.05, 0.1) is 0 Å². The van der Waals surface area contributed by atoms with Gasteiger partial charge in [0.15, 0.2) is 0 Å². The molecule has 76 valence electrons. The number of aliphatic carboxylic acids is 1. The van der Waals surface area contributed by atoms with Crippen LogP contribution in [0.25, 0.3) is 0 Å². The summed E-state index contributed by atoms with van der Waals surface area (Å²) in [4.78, 5) is 10.4. The fourth-order valence-electron chi connectivity index (χ4n) is 1.80. The maximum Gasteiger partial charge on any atom is 0.303 e. The number of nitrogens with one attached hydrogen (secondary N) is 1. The van der Waals surface area contributed by atoms with Crippen molar-refractivity contribution in [3.8, 4) is 0 Å². The van der Waals surface area contributed by atoms with E-state index < -0.39 is 5.97 Å². The molecule has 0 spiro atoms. The van der Waals surface area contributed by atoms with E-state index in [1.807, 2.05) is 0 Å². The van der Waals surface area contributed by atoms with Gasteiger partial charge >= 0.3 is 5.97 Å². The molecule has 1 aliphatic heterocycles. The molecule has 0 amide bonds. The third-order valence-corrected chi connectivity index (χ3v) is 2.68. The second-order valence-corrected chi connectivity index (χ2v) is 3.68. The molecule has 2 unspecified atom stereocenters. The van der Waals surface area contributed by atoms with Crippen LogP contribution in [0.3, 0.4) is 0 Å². The fraction of sp³-hybridized carbons (Fsp3) is 0.889. The standard InChI is InChI=1S/C9H18N2O2/c10-8-4-6-11-5-3-7(8)1-2-9(12)13/h7-8,11H,1-6,10H2,(H,12,13). The summed E-state index contributed by atoms with van der Waals surface area (Å²) in [5, 5.41) is 11.8. The Balaban J connectivity index is 2.31. The van der Waals surface area contributed by atoms with Gasteiger partial charge in [0.2, 0.25) is 0 Å². The summed E-state index contributed by atoms with van der Waals surface area (Å²) in [7, 11) is 0. The lowest BCUT2D eigenvalue weighted by Gasteiger charge is -2.19. The fourth-order valence-corrected chi connectivity index (χ4v) is 1.80. The Morgan fingerprint density at radius 3 is 2.85 bits per heavy atom. The molecule has 0 aromatic heterocycles. The first-order valence-electron chi connectivity index (χ1n) is 4.88. The minimum atomic E-state index is -0.718. The molecule has 1 rings (SSSR count). The van der Waals surface area contributed by atoms with Crippen molar-refractivity contribution in [1.82, 2.24) is 5.32 Å². The molecule has 1 aliphatic rings. The van der Waals surface area contributed by atoms with Crippen molar-refractivity contribution >= 4 is 5.97 Å². The molecule has 0 aromatic carbocycles. The highest BCUT2D eigenvalue weighted by molar-refractivity contribution is 5.66. The molecule has 1 heterocycles. The molecule has 1 saturated heterocycles. The van der Waals surface area contributed by atoms with E-state index in [1.54, 1.807) is 0 Å². The molecule has 0 saturated carbocycles. The number of hydrogen-bond acceptors (Lipinski definition) is 3. The van der Waals surface area contributed by atoms with Gasteiger partial charge in [-0.2, -0.15) is 0 Å². The molecule has 4 nitrogen and oxygen atoms in total. The Morgan fingerprint density at radius 2 is 2.15 bits per heavy atom.